The Kier molecular flexibility index (Phi) is 3.06. The first-order valence-corrected chi connectivity index (χ1v) is 6.31. The molecule has 1 saturated carbocycles. The molecule has 2 atom stereocenters. The van der Waals surface area contributed by atoms with Crippen LogP contribution in [-0.2, 0) is 6.42 Å². The average Bonchev–Trinajstić information content (AvgIpc) is 2.99. The second-order valence-corrected chi connectivity index (χ2v) is 4.75. The van der Waals surface area contributed by atoms with E-state index in [0.717, 1.165) is 25.0 Å². The van der Waals surface area contributed by atoms with Gasteiger partial charge in [-0.1, -0.05) is 17.6 Å². The number of pyridine rings is 1. The van der Waals surface area contributed by atoms with Gasteiger partial charge in [0, 0.05) is 17.9 Å². The number of rotatable bonds is 3. The fourth-order valence-corrected chi connectivity index (χ4v) is 2.45. The van der Waals surface area contributed by atoms with E-state index < -0.39 is 0 Å². The Morgan fingerprint density at radius 3 is 3.00 bits per heavy atom. The molecule has 2 aromatic rings. The van der Waals surface area contributed by atoms with E-state index in [9.17, 15) is 0 Å². The number of hydrogen-bond acceptors (Lipinski definition) is 5. The summed E-state index contributed by atoms with van der Waals surface area (Å²) in [5.74, 6) is 1.60. The second kappa shape index (κ2) is 4.86. The van der Waals surface area contributed by atoms with Gasteiger partial charge in [-0.05, 0) is 25.0 Å². The van der Waals surface area contributed by atoms with Gasteiger partial charge in [-0.3, -0.25) is 4.98 Å². The third kappa shape index (κ3) is 2.26. The smallest absolute Gasteiger partial charge is 0.231 e. The van der Waals surface area contributed by atoms with Crippen molar-refractivity contribution in [3.8, 4) is 0 Å². The Bertz CT molecular complexity index is 511. The molecule has 1 fully saturated rings. The van der Waals surface area contributed by atoms with Gasteiger partial charge in [-0.25, -0.2) is 0 Å². The Morgan fingerprint density at radius 2 is 2.28 bits per heavy atom. The largest absolute Gasteiger partial charge is 0.339 e. The van der Waals surface area contributed by atoms with Crippen LogP contribution in [0.15, 0.2) is 28.9 Å². The summed E-state index contributed by atoms with van der Waals surface area (Å²) in [6, 6.07) is 5.96. The molecular formula is C13H16N4O. The van der Waals surface area contributed by atoms with Crippen molar-refractivity contribution < 1.29 is 4.52 Å². The van der Waals surface area contributed by atoms with Crippen LogP contribution in [0, 0.1) is 0 Å². The molecule has 2 aromatic heterocycles. The van der Waals surface area contributed by atoms with Crippen molar-refractivity contribution in [1.82, 2.24) is 15.1 Å². The van der Waals surface area contributed by atoms with Gasteiger partial charge in [0.25, 0.3) is 0 Å². The van der Waals surface area contributed by atoms with Crippen LogP contribution in [0.5, 0.6) is 0 Å². The second-order valence-electron chi connectivity index (χ2n) is 4.75. The van der Waals surface area contributed by atoms with Crippen molar-refractivity contribution >= 4 is 0 Å². The zero-order valence-electron chi connectivity index (χ0n) is 10.1. The van der Waals surface area contributed by atoms with Gasteiger partial charge in [0.05, 0.1) is 12.3 Å². The molecule has 2 N–H and O–H groups in total. The summed E-state index contributed by atoms with van der Waals surface area (Å²) in [7, 11) is 0. The molecule has 1 aliphatic carbocycles. The summed E-state index contributed by atoms with van der Waals surface area (Å²) >= 11 is 0. The summed E-state index contributed by atoms with van der Waals surface area (Å²) < 4.78 is 5.32. The molecule has 5 nitrogen and oxygen atoms in total. The van der Waals surface area contributed by atoms with Crippen LogP contribution < -0.4 is 5.73 Å². The minimum atomic E-state index is 0.160. The molecule has 5 heteroatoms. The lowest BCUT2D eigenvalue weighted by Gasteiger charge is -2.08. The van der Waals surface area contributed by atoms with Crippen molar-refractivity contribution in [3.05, 3.63) is 41.8 Å². The molecule has 0 aliphatic heterocycles. The summed E-state index contributed by atoms with van der Waals surface area (Å²) in [5.41, 5.74) is 6.98. The van der Waals surface area contributed by atoms with Gasteiger partial charge in [0.1, 0.15) is 0 Å². The molecule has 0 spiro atoms. The van der Waals surface area contributed by atoms with Crippen LogP contribution in [0.25, 0.3) is 0 Å². The maximum atomic E-state index is 6.03. The van der Waals surface area contributed by atoms with Crippen LogP contribution >= 0.6 is 0 Å². The van der Waals surface area contributed by atoms with E-state index in [-0.39, 0.29) is 12.0 Å². The lowest BCUT2D eigenvalue weighted by atomic mass is 10.1. The van der Waals surface area contributed by atoms with Gasteiger partial charge in [-0.15, -0.1) is 0 Å². The Hall–Kier alpha value is -1.75. The van der Waals surface area contributed by atoms with Crippen LogP contribution in [0.4, 0.5) is 0 Å². The molecule has 94 valence electrons. The van der Waals surface area contributed by atoms with Gasteiger partial charge < -0.3 is 10.3 Å². The standard InChI is InChI=1S/C13H16N4O/c14-11-6-3-5-10(11)13-16-12(17-18-13)8-9-4-1-2-7-15-9/h1-2,4,7,10-11H,3,5-6,8,14H2. The maximum Gasteiger partial charge on any atom is 0.231 e. The number of nitrogens with two attached hydrogens (primary N) is 1. The van der Waals surface area contributed by atoms with E-state index in [2.05, 4.69) is 15.1 Å². The maximum absolute atomic E-state index is 6.03. The first-order valence-electron chi connectivity index (χ1n) is 6.31. The molecule has 18 heavy (non-hydrogen) atoms. The summed E-state index contributed by atoms with van der Waals surface area (Å²) in [5, 5.41) is 4.01. The lowest BCUT2D eigenvalue weighted by molar-refractivity contribution is 0.342. The van der Waals surface area contributed by atoms with E-state index in [0.29, 0.717) is 18.1 Å². The molecule has 2 unspecified atom stereocenters. The van der Waals surface area contributed by atoms with Crippen molar-refractivity contribution in [1.29, 1.82) is 0 Å². The monoisotopic (exact) mass is 244 g/mol. The zero-order valence-corrected chi connectivity index (χ0v) is 10.1. The summed E-state index contributed by atoms with van der Waals surface area (Å²) in [6.45, 7) is 0. The van der Waals surface area contributed by atoms with Crippen LogP contribution in [0.1, 0.15) is 42.6 Å². The van der Waals surface area contributed by atoms with Crippen LogP contribution in [0.3, 0.4) is 0 Å². The zero-order chi connectivity index (χ0) is 12.4. The molecule has 1 aliphatic rings. The first-order chi connectivity index (χ1) is 8.83. The Balaban J connectivity index is 1.74. The molecule has 3 rings (SSSR count). The molecule has 0 bridgehead atoms. The predicted molar refractivity (Wildman–Crippen MR) is 65.9 cm³/mol. The quantitative estimate of drug-likeness (QED) is 0.888. The average molecular weight is 244 g/mol. The van der Waals surface area contributed by atoms with Gasteiger partial charge in [0.2, 0.25) is 5.89 Å². The van der Waals surface area contributed by atoms with E-state index in [1.165, 1.54) is 0 Å². The van der Waals surface area contributed by atoms with E-state index in [1.807, 2.05) is 18.2 Å². The molecule has 2 heterocycles. The first kappa shape index (κ1) is 11.3. The van der Waals surface area contributed by atoms with Crippen LogP contribution in [-0.4, -0.2) is 21.2 Å². The topological polar surface area (TPSA) is 77.8 Å². The molecule has 0 radical (unpaired) electrons. The Morgan fingerprint density at radius 1 is 1.33 bits per heavy atom. The molecule has 0 saturated heterocycles. The van der Waals surface area contributed by atoms with Crippen molar-refractivity contribution in [2.75, 3.05) is 0 Å². The van der Waals surface area contributed by atoms with E-state index in [4.69, 9.17) is 10.3 Å². The van der Waals surface area contributed by atoms with Crippen molar-refractivity contribution in [2.45, 2.75) is 37.6 Å². The third-order valence-electron chi connectivity index (χ3n) is 3.44. The highest BCUT2D eigenvalue weighted by molar-refractivity contribution is 5.10. The lowest BCUT2D eigenvalue weighted by Crippen LogP contribution is -2.22. The third-order valence-corrected chi connectivity index (χ3v) is 3.44. The number of aromatic nitrogens is 3. The van der Waals surface area contributed by atoms with Gasteiger partial charge in [0.15, 0.2) is 5.82 Å². The highest BCUT2D eigenvalue weighted by Crippen LogP contribution is 2.32. The summed E-state index contributed by atoms with van der Waals surface area (Å²) in [6.07, 6.45) is 5.61. The highest BCUT2D eigenvalue weighted by atomic mass is 16.5. The van der Waals surface area contributed by atoms with Crippen molar-refractivity contribution in [3.63, 3.8) is 0 Å². The van der Waals surface area contributed by atoms with Gasteiger partial charge in [-0.2, -0.15) is 4.98 Å². The van der Waals surface area contributed by atoms with E-state index in [1.54, 1.807) is 6.20 Å². The molecule has 0 aromatic carbocycles. The SMILES string of the molecule is NC1CCCC1c1nc(Cc2ccccn2)no1. The molecular weight excluding hydrogens is 228 g/mol. The van der Waals surface area contributed by atoms with Crippen molar-refractivity contribution in [2.24, 2.45) is 5.73 Å². The fraction of sp³-hybridized carbons (Fsp3) is 0.462. The normalized spacial score (nSPS) is 23.4. The highest BCUT2D eigenvalue weighted by Gasteiger charge is 2.30. The number of nitrogens with zero attached hydrogens (tertiary/aromatic N) is 3. The predicted octanol–water partition coefficient (Wildman–Crippen LogP) is 1.65. The minimum Gasteiger partial charge on any atom is -0.339 e. The van der Waals surface area contributed by atoms with E-state index >= 15 is 0 Å². The summed E-state index contributed by atoms with van der Waals surface area (Å²) in [4.78, 5) is 8.69. The van der Waals surface area contributed by atoms with Crippen LogP contribution in [0.2, 0.25) is 0 Å². The van der Waals surface area contributed by atoms with Gasteiger partial charge >= 0.3 is 0 Å². The molecule has 0 amide bonds. The Labute approximate surface area is 105 Å². The number of hydrogen-bond donors (Lipinski definition) is 1. The minimum absolute atomic E-state index is 0.160. The fourth-order valence-electron chi connectivity index (χ4n) is 2.45.